The van der Waals surface area contributed by atoms with Crippen molar-refractivity contribution in [1.29, 1.82) is 0 Å². The molecule has 0 aliphatic heterocycles. The second-order valence-corrected chi connectivity index (χ2v) is 5.73. The van der Waals surface area contributed by atoms with E-state index in [4.69, 9.17) is 22.1 Å². The van der Waals surface area contributed by atoms with Crippen LogP contribution in [-0.4, -0.2) is 22.1 Å². The molecule has 1 heterocycles. The van der Waals surface area contributed by atoms with Gasteiger partial charge in [-0.3, -0.25) is 0 Å². The number of nitrogens with two attached hydrogens (primary N) is 1. The molecule has 0 amide bonds. The van der Waals surface area contributed by atoms with Gasteiger partial charge in [0.2, 0.25) is 0 Å². The van der Waals surface area contributed by atoms with Gasteiger partial charge >= 0.3 is 5.97 Å². The summed E-state index contributed by atoms with van der Waals surface area (Å²) in [6, 6.07) is 7.54. The number of carbonyl (C=O) groups excluding carboxylic acids is 1. The first kappa shape index (κ1) is 20.8. The number of carbonyl (C=O) groups is 1. The van der Waals surface area contributed by atoms with Crippen molar-refractivity contribution in [2.24, 2.45) is 0 Å². The van der Waals surface area contributed by atoms with Gasteiger partial charge in [-0.2, -0.15) is 0 Å². The minimum atomic E-state index is -0.409. The summed E-state index contributed by atoms with van der Waals surface area (Å²) in [7, 11) is 0. The van der Waals surface area contributed by atoms with Gasteiger partial charge in [-0.15, -0.1) is 0 Å². The van der Waals surface area contributed by atoms with E-state index in [1.807, 2.05) is 28.8 Å². The average molecular weight is 364 g/mol. The van der Waals surface area contributed by atoms with Crippen molar-refractivity contribution in [1.82, 2.24) is 9.55 Å². The van der Waals surface area contributed by atoms with Crippen LogP contribution in [-0.2, 0) is 16.1 Å². The zero-order valence-electron chi connectivity index (χ0n) is 15.0. The van der Waals surface area contributed by atoms with Crippen molar-refractivity contribution in [2.45, 2.75) is 40.2 Å². The molecule has 0 saturated heterocycles. The number of benzene rings is 1. The van der Waals surface area contributed by atoms with Crippen molar-refractivity contribution >= 4 is 29.3 Å². The van der Waals surface area contributed by atoms with E-state index in [-0.39, 0.29) is 0 Å². The Labute approximate surface area is 154 Å². The third-order valence-electron chi connectivity index (χ3n) is 3.33. The number of hydrogen-bond donors (Lipinski definition) is 1. The van der Waals surface area contributed by atoms with Crippen molar-refractivity contribution in [3.8, 4) is 0 Å². The molecule has 0 fully saturated rings. The first-order valence-corrected chi connectivity index (χ1v) is 8.79. The lowest BCUT2D eigenvalue weighted by molar-refractivity contribution is -0.137. The fourth-order valence-corrected chi connectivity index (χ4v) is 2.03. The maximum atomic E-state index is 11.4. The molecule has 0 spiro atoms. The fourth-order valence-electron chi connectivity index (χ4n) is 1.81. The van der Waals surface area contributed by atoms with E-state index >= 15 is 0 Å². The molecule has 136 valence electrons. The lowest BCUT2D eigenvalue weighted by Gasteiger charge is -2.06. The third kappa shape index (κ3) is 7.44. The monoisotopic (exact) mass is 363 g/mol. The Morgan fingerprint density at radius 1 is 1.24 bits per heavy atom. The summed E-state index contributed by atoms with van der Waals surface area (Å²) >= 11 is 6.04. The Bertz CT molecular complexity index is 676. The van der Waals surface area contributed by atoms with E-state index in [2.05, 4.69) is 18.8 Å². The van der Waals surface area contributed by atoms with Crippen LogP contribution in [0, 0.1) is 0 Å². The quantitative estimate of drug-likeness (QED) is 0.464. The largest absolute Gasteiger partial charge is 0.463 e. The van der Waals surface area contributed by atoms with Gasteiger partial charge in [0, 0.05) is 18.3 Å². The summed E-state index contributed by atoms with van der Waals surface area (Å²) in [6.45, 7) is 7.04. The Morgan fingerprint density at radius 3 is 2.44 bits per heavy atom. The lowest BCUT2D eigenvalue weighted by atomic mass is 10.2. The number of rotatable bonds is 6. The first-order chi connectivity index (χ1) is 12.0. The van der Waals surface area contributed by atoms with Gasteiger partial charge in [-0.05, 0) is 30.7 Å². The standard InChI is InChI=1S/C15H16ClN3O2.C4H10/c1-2-21-14(20)8-7-13-15(16)18-10-19(13)9-11-3-5-12(17)6-4-11;1-3-4-2/h3-8,10H,2,9,17H2,1H3;3-4H2,1-2H3. The molecular formula is C19H26ClN3O2. The molecule has 1 aromatic carbocycles. The van der Waals surface area contributed by atoms with Gasteiger partial charge in [0.15, 0.2) is 5.15 Å². The number of aromatic nitrogens is 2. The number of esters is 1. The predicted molar refractivity (Wildman–Crippen MR) is 103 cm³/mol. The molecule has 0 radical (unpaired) electrons. The smallest absolute Gasteiger partial charge is 0.330 e. The van der Waals surface area contributed by atoms with Crippen LogP contribution in [0.25, 0.3) is 6.08 Å². The molecule has 2 N–H and O–H groups in total. The van der Waals surface area contributed by atoms with Gasteiger partial charge in [0.05, 0.1) is 18.6 Å². The molecule has 0 atom stereocenters. The van der Waals surface area contributed by atoms with Crippen LogP contribution in [0.3, 0.4) is 0 Å². The molecule has 0 bridgehead atoms. The molecule has 0 saturated carbocycles. The number of nitrogens with zero attached hydrogens (tertiary/aromatic N) is 2. The lowest BCUT2D eigenvalue weighted by Crippen LogP contribution is -2.02. The Morgan fingerprint density at radius 2 is 1.88 bits per heavy atom. The van der Waals surface area contributed by atoms with Gasteiger partial charge in [-0.1, -0.05) is 50.4 Å². The highest BCUT2D eigenvalue weighted by molar-refractivity contribution is 6.30. The maximum absolute atomic E-state index is 11.4. The Hall–Kier alpha value is -2.27. The predicted octanol–water partition coefficient (Wildman–Crippen LogP) is 4.55. The number of halogens is 1. The third-order valence-corrected chi connectivity index (χ3v) is 3.62. The topological polar surface area (TPSA) is 70.1 Å². The number of unbranched alkanes of at least 4 members (excludes halogenated alkanes) is 1. The van der Waals surface area contributed by atoms with Crippen LogP contribution >= 0.6 is 11.6 Å². The molecule has 0 aliphatic carbocycles. The van der Waals surface area contributed by atoms with Crippen molar-refractivity contribution in [3.05, 3.63) is 53.1 Å². The van der Waals surface area contributed by atoms with Crippen LogP contribution in [0.1, 0.15) is 44.9 Å². The van der Waals surface area contributed by atoms with Crippen LogP contribution in [0.2, 0.25) is 5.15 Å². The maximum Gasteiger partial charge on any atom is 0.330 e. The van der Waals surface area contributed by atoms with Crippen LogP contribution in [0.5, 0.6) is 0 Å². The number of hydrogen-bond acceptors (Lipinski definition) is 4. The fraction of sp³-hybridized carbons (Fsp3) is 0.368. The molecule has 25 heavy (non-hydrogen) atoms. The summed E-state index contributed by atoms with van der Waals surface area (Å²) in [5.41, 5.74) is 8.09. The molecule has 0 unspecified atom stereocenters. The van der Waals surface area contributed by atoms with Crippen LogP contribution < -0.4 is 5.73 Å². The number of imidazole rings is 1. The molecule has 2 rings (SSSR count). The van der Waals surface area contributed by atoms with Crippen LogP contribution in [0.15, 0.2) is 36.7 Å². The van der Waals surface area contributed by atoms with Crippen LogP contribution in [0.4, 0.5) is 5.69 Å². The molecule has 2 aromatic rings. The highest BCUT2D eigenvalue weighted by Crippen LogP contribution is 2.17. The van der Waals surface area contributed by atoms with Crippen molar-refractivity contribution in [3.63, 3.8) is 0 Å². The second kappa shape index (κ2) is 11.3. The Kier molecular flexibility index (Phi) is 9.40. The summed E-state index contributed by atoms with van der Waals surface area (Å²) in [5, 5.41) is 0.339. The van der Waals surface area contributed by atoms with Gasteiger partial charge in [-0.25, -0.2) is 9.78 Å². The number of nitrogen functional groups attached to an aromatic ring is 1. The minimum absolute atomic E-state index is 0.335. The summed E-state index contributed by atoms with van der Waals surface area (Å²) in [4.78, 5) is 15.4. The second-order valence-electron chi connectivity index (χ2n) is 5.38. The highest BCUT2D eigenvalue weighted by atomic mass is 35.5. The van der Waals surface area contributed by atoms with E-state index in [0.717, 1.165) is 5.56 Å². The molecule has 0 aliphatic rings. The van der Waals surface area contributed by atoms with E-state index in [1.54, 1.807) is 19.3 Å². The zero-order valence-corrected chi connectivity index (χ0v) is 15.8. The zero-order chi connectivity index (χ0) is 18.7. The first-order valence-electron chi connectivity index (χ1n) is 8.41. The van der Waals surface area contributed by atoms with Gasteiger partial charge in [0.25, 0.3) is 0 Å². The van der Waals surface area contributed by atoms with Crippen molar-refractivity contribution < 1.29 is 9.53 Å². The normalized spacial score (nSPS) is 10.4. The van der Waals surface area contributed by atoms with E-state index in [9.17, 15) is 4.79 Å². The number of anilines is 1. The molecule has 6 heteroatoms. The summed E-state index contributed by atoms with van der Waals surface area (Å²) in [5.74, 6) is -0.409. The van der Waals surface area contributed by atoms with E-state index in [1.165, 1.54) is 18.9 Å². The van der Waals surface area contributed by atoms with E-state index in [0.29, 0.717) is 29.7 Å². The molecular weight excluding hydrogens is 338 g/mol. The average Bonchev–Trinajstić information content (AvgIpc) is 2.95. The van der Waals surface area contributed by atoms with Gasteiger partial charge < -0.3 is 15.0 Å². The Balaban J connectivity index is 0.000000705. The number of ether oxygens (including phenoxy) is 1. The SMILES string of the molecule is CCCC.CCOC(=O)C=Cc1c(Cl)ncn1Cc1ccc(N)cc1. The minimum Gasteiger partial charge on any atom is -0.463 e. The van der Waals surface area contributed by atoms with Crippen molar-refractivity contribution in [2.75, 3.05) is 12.3 Å². The molecule has 1 aromatic heterocycles. The van der Waals surface area contributed by atoms with E-state index < -0.39 is 5.97 Å². The highest BCUT2D eigenvalue weighted by Gasteiger charge is 2.07. The summed E-state index contributed by atoms with van der Waals surface area (Å²) < 4.78 is 6.69. The summed E-state index contributed by atoms with van der Waals surface area (Å²) in [6.07, 6.45) is 7.21. The molecule has 5 nitrogen and oxygen atoms in total. The van der Waals surface area contributed by atoms with Gasteiger partial charge in [0.1, 0.15) is 0 Å².